The number of hydrogen-bond donors (Lipinski definition) is 1. The lowest BCUT2D eigenvalue weighted by Crippen LogP contribution is -2.26. The number of amides is 1. The molecular weight excluding hydrogens is 416 g/mol. The normalized spacial score (nSPS) is 14.9. The zero-order valence-corrected chi connectivity index (χ0v) is 18.0. The Kier molecular flexibility index (Phi) is 6.03. The molecule has 0 bridgehead atoms. The molecule has 162 valence electrons. The van der Waals surface area contributed by atoms with Crippen LogP contribution < -0.4 is 9.62 Å². The number of hydrogen-bond acceptors (Lipinski definition) is 6. The number of carbonyl (C=O) groups excluding carboxylic acids is 1. The second kappa shape index (κ2) is 8.89. The van der Waals surface area contributed by atoms with Crippen LogP contribution in [0.3, 0.4) is 0 Å². The monoisotopic (exact) mass is 440 g/mol. The fraction of sp³-hybridized carbons (Fsp3) is 0.318. The molecular formula is C22H24N4O4S. The largest absolute Gasteiger partial charge is 0.408 e. The van der Waals surface area contributed by atoms with Crippen molar-refractivity contribution in [2.24, 2.45) is 0 Å². The van der Waals surface area contributed by atoms with Crippen molar-refractivity contribution in [2.75, 3.05) is 16.7 Å². The highest BCUT2D eigenvalue weighted by atomic mass is 32.2. The summed E-state index contributed by atoms with van der Waals surface area (Å²) in [5, 5.41) is 10.6. The predicted molar refractivity (Wildman–Crippen MR) is 117 cm³/mol. The minimum Gasteiger partial charge on any atom is -0.408 e. The zero-order chi connectivity index (χ0) is 21.8. The van der Waals surface area contributed by atoms with Gasteiger partial charge in [0, 0.05) is 18.5 Å². The number of para-hydroxylation sites is 1. The van der Waals surface area contributed by atoms with Gasteiger partial charge in [-0.1, -0.05) is 42.6 Å². The number of benzene rings is 2. The van der Waals surface area contributed by atoms with Crippen molar-refractivity contribution in [1.82, 2.24) is 10.2 Å². The third kappa shape index (κ3) is 4.61. The van der Waals surface area contributed by atoms with Gasteiger partial charge in [-0.05, 0) is 49.2 Å². The molecule has 1 aliphatic carbocycles. The second-order valence-electron chi connectivity index (χ2n) is 7.57. The van der Waals surface area contributed by atoms with E-state index in [1.165, 1.54) is 42.0 Å². The number of nitrogens with one attached hydrogen (secondary N) is 1. The molecule has 1 N–H and O–H groups in total. The summed E-state index contributed by atoms with van der Waals surface area (Å²) in [6.45, 7) is 0. The number of nitrogens with zero attached hydrogens (tertiary/aromatic N) is 3. The highest BCUT2D eigenvalue weighted by Gasteiger charge is 2.23. The van der Waals surface area contributed by atoms with Gasteiger partial charge in [0.2, 0.25) is 5.89 Å². The van der Waals surface area contributed by atoms with Crippen LogP contribution in [0.4, 0.5) is 11.7 Å². The smallest absolute Gasteiger partial charge is 0.322 e. The Bertz CT molecular complexity index is 1140. The molecule has 0 atom stereocenters. The van der Waals surface area contributed by atoms with Crippen molar-refractivity contribution in [3.63, 3.8) is 0 Å². The summed E-state index contributed by atoms with van der Waals surface area (Å²) in [6, 6.07) is 14.6. The number of aromatic nitrogens is 2. The van der Waals surface area contributed by atoms with Gasteiger partial charge < -0.3 is 4.42 Å². The first-order chi connectivity index (χ1) is 14.9. The second-order valence-corrected chi connectivity index (χ2v) is 9.54. The van der Waals surface area contributed by atoms with E-state index in [4.69, 9.17) is 4.42 Å². The Balaban J connectivity index is 1.44. The molecule has 0 saturated heterocycles. The van der Waals surface area contributed by atoms with E-state index < -0.39 is 15.9 Å². The van der Waals surface area contributed by atoms with Crippen LogP contribution in [0.25, 0.3) is 0 Å². The van der Waals surface area contributed by atoms with E-state index in [1.807, 2.05) is 6.07 Å². The van der Waals surface area contributed by atoms with Crippen molar-refractivity contribution in [3.05, 3.63) is 66.1 Å². The molecule has 31 heavy (non-hydrogen) atoms. The average molecular weight is 441 g/mol. The summed E-state index contributed by atoms with van der Waals surface area (Å²) in [5.41, 5.74) is 0.841. The number of anilines is 2. The summed E-state index contributed by atoms with van der Waals surface area (Å²) in [7, 11) is -2.25. The van der Waals surface area contributed by atoms with E-state index in [-0.39, 0.29) is 16.8 Å². The third-order valence-corrected chi connectivity index (χ3v) is 7.31. The molecule has 1 heterocycles. The fourth-order valence-electron chi connectivity index (χ4n) is 3.68. The summed E-state index contributed by atoms with van der Waals surface area (Å²) in [5.74, 6) is 0.359. The average Bonchev–Trinajstić information content (AvgIpc) is 3.28. The van der Waals surface area contributed by atoms with E-state index >= 15 is 0 Å². The first-order valence-electron chi connectivity index (χ1n) is 10.2. The minimum absolute atomic E-state index is 0.0473. The van der Waals surface area contributed by atoms with Crippen LogP contribution in [0, 0.1) is 0 Å². The van der Waals surface area contributed by atoms with Gasteiger partial charge in [-0.15, -0.1) is 5.10 Å². The predicted octanol–water partition coefficient (Wildman–Crippen LogP) is 4.19. The summed E-state index contributed by atoms with van der Waals surface area (Å²) in [4.78, 5) is 12.6. The Morgan fingerprint density at radius 2 is 1.68 bits per heavy atom. The molecule has 8 nitrogen and oxygen atoms in total. The molecule has 2 aromatic carbocycles. The van der Waals surface area contributed by atoms with Gasteiger partial charge in [0.1, 0.15) is 0 Å². The topological polar surface area (TPSA) is 105 Å². The first kappa shape index (κ1) is 21.0. The molecule has 0 radical (unpaired) electrons. The molecule has 1 aliphatic rings. The lowest BCUT2D eigenvalue weighted by molar-refractivity contribution is 0.102. The fourth-order valence-corrected chi connectivity index (χ4v) is 4.88. The van der Waals surface area contributed by atoms with Crippen LogP contribution in [0.1, 0.15) is 54.3 Å². The molecule has 0 unspecified atom stereocenters. The molecule has 1 amide bonds. The lowest BCUT2D eigenvalue weighted by atomic mass is 9.89. The van der Waals surface area contributed by atoms with Crippen LogP contribution in [-0.4, -0.2) is 31.6 Å². The van der Waals surface area contributed by atoms with E-state index in [0.29, 0.717) is 17.1 Å². The quantitative estimate of drug-likeness (QED) is 0.616. The third-order valence-electron chi connectivity index (χ3n) is 5.51. The maximum Gasteiger partial charge on any atom is 0.322 e. The van der Waals surface area contributed by atoms with Crippen molar-refractivity contribution in [2.45, 2.75) is 42.9 Å². The van der Waals surface area contributed by atoms with Gasteiger partial charge in [-0.2, -0.15) is 0 Å². The summed E-state index contributed by atoms with van der Waals surface area (Å²) < 4.78 is 32.5. The number of rotatable bonds is 6. The number of sulfonamides is 1. The first-order valence-corrected chi connectivity index (χ1v) is 11.7. The Hall–Kier alpha value is -3.20. The van der Waals surface area contributed by atoms with E-state index in [9.17, 15) is 13.2 Å². The van der Waals surface area contributed by atoms with Gasteiger partial charge in [0.15, 0.2) is 0 Å². The zero-order valence-electron chi connectivity index (χ0n) is 17.2. The van der Waals surface area contributed by atoms with Gasteiger partial charge in [0.25, 0.3) is 15.9 Å². The molecule has 4 rings (SSSR count). The highest BCUT2D eigenvalue weighted by molar-refractivity contribution is 7.92. The molecule has 3 aromatic rings. The van der Waals surface area contributed by atoms with Gasteiger partial charge >= 0.3 is 6.01 Å². The Morgan fingerprint density at radius 3 is 2.35 bits per heavy atom. The minimum atomic E-state index is -3.74. The molecule has 0 spiro atoms. The molecule has 0 aliphatic heterocycles. The Morgan fingerprint density at radius 1 is 1.00 bits per heavy atom. The molecule has 9 heteroatoms. The van der Waals surface area contributed by atoms with E-state index in [1.54, 1.807) is 24.3 Å². The lowest BCUT2D eigenvalue weighted by Gasteiger charge is -2.19. The highest BCUT2D eigenvalue weighted by Crippen LogP contribution is 2.32. The molecule has 1 saturated carbocycles. The van der Waals surface area contributed by atoms with Crippen molar-refractivity contribution in [1.29, 1.82) is 0 Å². The molecule has 1 fully saturated rings. The van der Waals surface area contributed by atoms with Crippen LogP contribution in [0.5, 0.6) is 0 Å². The van der Waals surface area contributed by atoms with Gasteiger partial charge in [-0.3, -0.25) is 14.4 Å². The summed E-state index contributed by atoms with van der Waals surface area (Å²) in [6.07, 6.45) is 5.54. The van der Waals surface area contributed by atoms with Crippen molar-refractivity contribution < 1.29 is 17.6 Å². The van der Waals surface area contributed by atoms with E-state index in [2.05, 4.69) is 15.5 Å². The molecule has 1 aromatic heterocycles. The Labute approximate surface area is 181 Å². The van der Waals surface area contributed by atoms with Crippen LogP contribution in [0.2, 0.25) is 0 Å². The van der Waals surface area contributed by atoms with Crippen LogP contribution in [0.15, 0.2) is 63.9 Å². The van der Waals surface area contributed by atoms with Gasteiger partial charge in [0.05, 0.1) is 10.6 Å². The summed E-state index contributed by atoms with van der Waals surface area (Å²) >= 11 is 0. The maximum absolute atomic E-state index is 12.8. The maximum atomic E-state index is 12.8. The van der Waals surface area contributed by atoms with Crippen molar-refractivity contribution >= 4 is 27.6 Å². The van der Waals surface area contributed by atoms with Crippen LogP contribution in [-0.2, 0) is 10.0 Å². The van der Waals surface area contributed by atoms with E-state index in [0.717, 1.165) is 25.7 Å². The van der Waals surface area contributed by atoms with Crippen LogP contribution >= 0.6 is 0 Å². The standard InChI is InChI=1S/C22H24N4O4S/c1-26(18-10-6-3-7-11-18)31(28,29)19-14-12-16(13-15-19)20(27)23-22-25-24-21(30-22)17-8-4-2-5-9-17/h3,6-7,10-15,17H,2,4-5,8-9H2,1H3,(H,23,25,27). The van der Waals surface area contributed by atoms with Crippen molar-refractivity contribution in [3.8, 4) is 0 Å². The van der Waals surface area contributed by atoms with Gasteiger partial charge in [-0.25, -0.2) is 8.42 Å². The SMILES string of the molecule is CN(c1ccccc1)S(=O)(=O)c1ccc(C(=O)Nc2nnc(C3CCCCC3)o2)cc1. The number of carbonyl (C=O) groups is 1.